The van der Waals surface area contributed by atoms with Gasteiger partial charge in [-0.05, 0) is 37.5 Å². The van der Waals surface area contributed by atoms with E-state index in [0.29, 0.717) is 43.2 Å². The zero-order chi connectivity index (χ0) is 21.0. The van der Waals surface area contributed by atoms with Crippen molar-refractivity contribution in [3.05, 3.63) is 41.0 Å². The molecule has 1 N–H and O–H groups in total. The molecule has 29 heavy (non-hydrogen) atoms. The van der Waals surface area contributed by atoms with Gasteiger partial charge in [-0.25, -0.2) is 5.01 Å². The minimum atomic E-state index is -0.249. The van der Waals surface area contributed by atoms with Crippen molar-refractivity contribution < 1.29 is 14.1 Å². The molecule has 1 aromatic carbocycles. The number of aryl methyl sites for hydroxylation is 3. The SMILES string of the molecule is Cc1ccc(C)c(N2N=C(C(=O)NCCCc3nc(C(C)C)no3)CCC2=O)c1. The highest BCUT2D eigenvalue weighted by Crippen LogP contribution is 2.25. The maximum atomic E-state index is 12.5. The lowest BCUT2D eigenvalue weighted by molar-refractivity contribution is -0.119. The van der Waals surface area contributed by atoms with Crippen LogP contribution in [0.1, 0.15) is 61.9 Å². The highest BCUT2D eigenvalue weighted by molar-refractivity contribution is 6.40. The van der Waals surface area contributed by atoms with Gasteiger partial charge in [-0.15, -0.1) is 0 Å². The van der Waals surface area contributed by atoms with Gasteiger partial charge in [-0.1, -0.05) is 31.1 Å². The lowest BCUT2D eigenvalue weighted by Gasteiger charge is -2.24. The van der Waals surface area contributed by atoms with Gasteiger partial charge in [-0.2, -0.15) is 10.1 Å². The molecule has 3 rings (SSSR count). The van der Waals surface area contributed by atoms with Crippen molar-refractivity contribution in [2.75, 3.05) is 11.6 Å². The molecule has 0 radical (unpaired) electrons. The van der Waals surface area contributed by atoms with Crippen LogP contribution in [0.5, 0.6) is 0 Å². The first-order chi connectivity index (χ1) is 13.8. The van der Waals surface area contributed by atoms with E-state index in [0.717, 1.165) is 16.8 Å². The van der Waals surface area contributed by atoms with Crippen molar-refractivity contribution in [1.82, 2.24) is 15.5 Å². The Morgan fingerprint density at radius 2 is 2.07 bits per heavy atom. The Hall–Kier alpha value is -3.03. The Bertz CT molecular complexity index is 932. The Kier molecular flexibility index (Phi) is 6.41. The van der Waals surface area contributed by atoms with E-state index >= 15 is 0 Å². The molecule has 154 valence electrons. The van der Waals surface area contributed by atoms with Gasteiger partial charge < -0.3 is 9.84 Å². The standard InChI is InChI=1S/C21H27N5O3/c1-13(2)20-23-18(29-25-20)6-5-11-22-21(28)16-9-10-19(27)26(24-16)17-12-14(3)7-8-15(17)4/h7-8,12-13H,5-6,9-11H2,1-4H3,(H,22,28). The second kappa shape index (κ2) is 8.98. The molecule has 1 aromatic heterocycles. The van der Waals surface area contributed by atoms with E-state index in [4.69, 9.17) is 4.52 Å². The molecular weight excluding hydrogens is 370 g/mol. The normalized spacial score (nSPS) is 14.3. The van der Waals surface area contributed by atoms with Crippen LogP contribution in [0.4, 0.5) is 5.69 Å². The van der Waals surface area contributed by atoms with E-state index in [-0.39, 0.29) is 24.2 Å². The Labute approximate surface area is 170 Å². The predicted molar refractivity (Wildman–Crippen MR) is 110 cm³/mol. The summed E-state index contributed by atoms with van der Waals surface area (Å²) in [5, 5.41) is 12.5. The summed E-state index contributed by atoms with van der Waals surface area (Å²) >= 11 is 0. The third-order valence-corrected chi connectivity index (χ3v) is 4.74. The maximum Gasteiger partial charge on any atom is 0.267 e. The molecule has 0 unspecified atom stereocenters. The van der Waals surface area contributed by atoms with Gasteiger partial charge >= 0.3 is 0 Å². The van der Waals surface area contributed by atoms with Gasteiger partial charge in [-0.3, -0.25) is 9.59 Å². The molecular formula is C21H27N5O3. The molecule has 1 aliphatic heterocycles. The molecule has 0 atom stereocenters. The van der Waals surface area contributed by atoms with E-state index in [2.05, 4.69) is 20.6 Å². The van der Waals surface area contributed by atoms with Crippen LogP contribution >= 0.6 is 0 Å². The first-order valence-corrected chi connectivity index (χ1v) is 9.93. The summed E-state index contributed by atoms with van der Waals surface area (Å²) in [5.41, 5.74) is 3.06. The number of hydrazone groups is 1. The molecule has 0 bridgehead atoms. The van der Waals surface area contributed by atoms with Crippen LogP contribution in [0.25, 0.3) is 0 Å². The van der Waals surface area contributed by atoms with Crippen LogP contribution in [0.2, 0.25) is 0 Å². The monoisotopic (exact) mass is 397 g/mol. The van der Waals surface area contributed by atoms with Crippen LogP contribution < -0.4 is 10.3 Å². The molecule has 0 spiro atoms. The second-order valence-electron chi connectivity index (χ2n) is 7.60. The van der Waals surface area contributed by atoms with Gasteiger partial charge in [0.2, 0.25) is 11.8 Å². The number of nitrogens with one attached hydrogen (secondary N) is 1. The van der Waals surface area contributed by atoms with E-state index in [1.807, 2.05) is 45.9 Å². The number of amides is 2. The average molecular weight is 397 g/mol. The fourth-order valence-electron chi connectivity index (χ4n) is 3.00. The van der Waals surface area contributed by atoms with Crippen molar-refractivity contribution in [3.63, 3.8) is 0 Å². The number of hydrogen-bond donors (Lipinski definition) is 1. The zero-order valence-electron chi connectivity index (χ0n) is 17.4. The zero-order valence-corrected chi connectivity index (χ0v) is 17.4. The first kappa shape index (κ1) is 20.7. The molecule has 0 saturated heterocycles. The van der Waals surface area contributed by atoms with E-state index in [1.54, 1.807) is 0 Å². The van der Waals surface area contributed by atoms with Gasteiger partial charge in [0.25, 0.3) is 5.91 Å². The molecule has 0 saturated carbocycles. The fraction of sp³-hybridized carbons (Fsp3) is 0.476. The lowest BCUT2D eigenvalue weighted by atomic mass is 10.1. The number of hydrogen-bond acceptors (Lipinski definition) is 6. The number of anilines is 1. The van der Waals surface area contributed by atoms with Crippen LogP contribution in [0, 0.1) is 13.8 Å². The third-order valence-electron chi connectivity index (χ3n) is 4.74. The lowest BCUT2D eigenvalue weighted by Crippen LogP contribution is -2.39. The molecule has 2 heterocycles. The Morgan fingerprint density at radius 3 is 2.79 bits per heavy atom. The topological polar surface area (TPSA) is 101 Å². The van der Waals surface area contributed by atoms with Crippen LogP contribution in [0.15, 0.2) is 27.8 Å². The van der Waals surface area contributed by atoms with E-state index in [9.17, 15) is 9.59 Å². The minimum Gasteiger partial charge on any atom is -0.351 e. The van der Waals surface area contributed by atoms with Crippen molar-refractivity contribution in [3.8, 4) is 0 Å². The highest BCUT2D eigenvalue weighted by Gasteiger charge is 2.26. The van der Waals surface area contributed by atoms with E-state index in [1.165, 1.54) is 5.01 Å². The predicted octanol–water partition coefficient (Wildman–Crippen LogP) is 3.04. The first-order valence-electron chi connectivity index (χ1n) is 9.93. The number of carbonyl (C=O) groups excluding carboxylic acids is 2. The number of aromatic nitrogens is 2. The van der Waals surface area contributed by atoms with E-state index < -0.39 is 0 Å². The molecule has 8 nitrogen and oxygen atoms in total. The smallest absolute Gasteiger partial charge is 0.267 e. The maximum absolute atomic E-state index is 12.5. The summed E-state index contributed by atoms with van der Waals surface area (Å²) < 4.78 is 5.20. The van der Waals surface area contributed by atoms with Crippen LogP contribution in [-0.2, 0) is 16.0 Å². The van der Waals surface area contributed by atoms with Gasteiger partial charge in [0, 0.05) is 31.7 Å². The summed E-state index contributed by atoms with van der Waals surface area (Å²) in [7, 11) is 0. The minimum absolute atomic E-state index is 0.104. The molecule has 0 aliphatic carbocycles. The van der Waals surface area contributed by atoms with Crippen LogP contribution in [-0.4, -0.2) is 34.2 Å². The van der Waals surface area contributed by atoms with Gasteiger partial charge in [0.1, 0.15) is 5.71 Å². The van der Waals surface area contributed by atoms with Crippen molar-refractivity contribution >= 4 is 23.2 Å². The molecule has 1 aliphatic rings. The quantitative estimate of drug-likeness (QED) is 0.724. The summed E-state index contributed by atoms with van der Waals surface area (Å²) in [5.74, 6) is 1.13. The summed E-state index contributed by atoms with van der Waals surface area (Å²) in [6.07, 6.45) is 1.88. The number of benzene rings is 1. The van der Waals surface area contributed by atoms with Gasteiger partial charge in [0.05, 0.1) is 5.69 Å². The molecule has 0 fully saturated rings. The highest BCUT2D eigenvalue weighted by atomic mass is 16.5. The number of carbonyl (C=O) groups is 2. The van der Waals surface area contributed by atoms with Crippen molar-refractivity contribution in [1.29, 1.82) is 0 Å². The average Bonchev–Trinajstić information content (AvgIpc) is 3.17. The third kappa shape index (κ3) is 5.07. The molecule has 8 heteroatoms. The Balaban J connectivity index is 1.58. The Morgan fingerprint density at radius 1 is 1.28 bits per heavy atom. The number of rotatable bonds is 7. The molecule has 2 aromatic rings. The largest absolute Gasteiger partial charge is 0.351 e. The summed E-state index contributed by atoms with van der Waals surface area (Å²) in [4.78, 5) is 29.2. The number of nitrogens with zero attached hydrogens (tertiary/aromatic N) is 4. The summed E-state index contributed by atoms with van der Waals surface area (Å²) in [6.45, 7) is 8.36. The second-order valence-corrected chi connectivity index (χ2v) is 7.60. The fourth-order valence-corrected chi connectivity index (χ4v) is 3.00. The van der Waals surface area contributed by atoms with Crippen LogP contribution in [0.3, 0.4) is 0 Å². The van der Waals surface area contributed by atoms with Crippen molar-refractivity contribution in [2.24, 2.45) is 5.10 Å². The molecule has 2 amide bonds. The van der Waals surface area contributed by atoms with Gasteiger partial charge in [0.15, 0.2) is 5.82 Å². The van der Waals surface area contributed by atoms with Crippen molar-refractivity contribution in [2.45, 2.75) is 59.3 Å². The summed E-state index contributed by atoms with van der Waals surface area (Å²) in [6, 6.07) is 5.84.